The molecule has 4 heterocycles. The number of carboxylic acids is 1. The second kappa shape index (κ2) is 12.3. The average molecular weight is 573 g/mol. The Morgan fingerprint density at radius 1 is 1.45 bits per heavy atom. The van der Waals surface area contributed by atoms with Crippen LogP contribution in [0.5, 0.6) is 0 Å². The van der Waals surface area contributed by atoms with Gasteiger partial charge in [0.05, 0.1) is 0 Å². The molecule has 2 aliphatic heterocycles. The van der Waals surface area contributed by atoms with Crippen molar-refractivity contribution >= 4 is 69.6 Å². The fourth-order valence-corrected chi connectivity index (χ4v) is 6.43. The number of carbonyl (C=O) groups is 3. The minimum Gasteiger partial charge on any atom is -0.477 e. The number of nitrogen functional groups attached to an aromatic ring is 1. The Labute approximate surface area is 230 Å². The number of thiazole rings is 1. The average Bonchev–Trinajstić information content (AvgIpc) is 3.33. The molecular formula is C24H24N6O5S3. The molecule has 0 aromatic carbocycles. The predicted molar refractivity (Wildman–Crippen MR) is 149 cm³/mol. The summed E-state index contributed by atoms with van der Waals surface area (Å²) in [6.45, 7) is 5.50. The van der Waals surface area contributed by atoms with Crippen molar-refractivity contribution in [3.63, 3.8) is 0 Å². The maximum atomic E-state index is 13.0. The van der Waals surface area contributed by atoms with E-state index in [1.165, 1.54) is 34.5 Å². The van der Waals surface area contributed by atoms with Gasteiger partial charge in [-0.1, -0.05) is 23.9 Å². The van der Waals surface area contributed by atoms with Gasteiger partial charge < -0.3 is 21.0 Å². The zero-order valence-corrected chi connectivity index (χ0v) is 22.6. The third kappa shape index (κ3) is 6.09. The SMILES string of the molecule is C=CCO/N=C(/C(=O)NC1C(=O)N2C(C(=O)O)=C(CS/C=C\c3ccc(C)nc3)CSC12)c1csc(N)n1. The first-order chi connectivity index (χ1) is 18.3. The lowest BCUT2D eigenvalue weighted by Gasteiger charge is -2.49. The number of oxime groups is 1. The molecule has 2 amide bonds. The lowest BCUT2D eigenvalue weighted by atomic mass is 10.0. The number of nitrogens with one attached hydrogen (secondary N) is 1. The lowest BCUT2D eigenvalue weighted by molar-refractivity contribution is -0.150. The number of fused-ring (bicyclic) bond motifs is 1. The summed E-state index contributed by atoms with van der Waals surface area (Å²) < 4.78 is 0. The van der Waals surface area contributed by atoms with Crippen molar-refractivity contribution in [2.75, 3.05) is 23.8 Å². The highest BCUT2D eigenvalue weighted by Gasteiger charge is 2.54. The number of thioether (sulfide) groups is 2. The van der Waals surface area contributed by atoms with Crippen LogP contribution >= 0.6 is 34.9 Å². The fourth-order valence-electron chi connectivity index (χ4n) is 3.61. The molecule has 2 aliphatic rings. The third-order valence-electron chi connectivity index (χ3n) is 5.41. The molecule has 198 valence electrons. The Balaban J connectivity index is 1.44. The van der Waals surface area contributed by atoms with Gasteiger partial charge in [-0.05, 0) is 35.6 Å². The molecule has 0 aliphatic carbocycles. The summed E-state index contributed by atoms with van der Waals surface area (Å²) in [4.78, 5) is 52.8. The summed E-state index contributed by atoms with van der Waals surface area (Å²) in [7, 11) is 0. The number of hydrogen-bond acceptors (Lipinski definition) is 11. The molecule has 38 heavy (non-hydrogen) atoms. The van der Waals surface area contributed by atoms with Gasteiger partial charge in [0.2, 0.25) is 0 Å². The molecule has 14 heteroatoms. The monoisotopic (exact) mass is 572 g/mol. The van der Waals surface area contributed by atoms with Gasteiger partial charge in [-0.3, -0.25) is 19.5 Å². The first-order valence-corrected chi connectivity index (χ1v) is 14.2. The number of rotatable bonds is 11. The van der Waals surface area contributed by atoms with E-state index in [1.807, 2.05) is 30.5 Å². The quantitative estimate of drug-likeness (QED) is 0.120. The number of aromatic nitrogens is 2. The van der Waals surface area contributed by atoms with Crippen LogP contribution in [0.3, 0.4) is 0 Å². The minimum atomic E-state index is -1.19. The van der Waals surface area contributed by atoms with Crippen LogP contribution in [0, 0.1) is 6.92 Å². The first kappa shape index (κ1) is 27.4. The second-order valence-corrected chi connectivity index (χ2v) is 10.9. The molecule has 2 aromatic rings. The van der Waals surface area contributed by atoms with Crippen LogP contribution in [-0.4, -0.2) is 73.0 Å². The van der Waals surface area contributed by atoms with E-state index in [4.69, 9.17) is 10.6 Å². The zero-order chi connectivity index (χ0) is 27.2. The largest absolute Gasteiger partial charge is 0.477 e. The molecule has 1 saturated heterocycles. The number of nitrogens with zero attached hydrogens (tertiary/aromatic N) is 4. The highest BCUT2D eigenvalue weighted by atomic mass is 32.2. The second-order valence-electron chi connectivity index (χ2n) is 8.06. The summed E-state index contributed by atoms with van der Waals surface area (Å²) in [5.74, 6) is -1.58. The molecule has 1 fully saturated rings. The Kier molecular flexibility index (Phi) is 8.86. The number of anilines is 1. The lowest BCUT2D eigenvalue weighted by Crippen LogP contribution is -2.71. The molecule has 11 nitrogen and oxygen atoms in total. The molecule has 2 aromatic heterocycles. The predicted octanol–water partition coefficient (Wildman–Crippen LogP) is 2.48. The van der Waals surface area contributed by atoms with Gasteiger partial charge in [-0.25, -0.2) is 9.78 Å². The highest BCUT2D eigenvalue weighted by Crippen LogP contribution is 2.41. The minimum absolute atomic E-state index is 0.0439. The van der Waals surface area contributed by atoms with E-state index in [2.05, 4.69) is 27.0 Å². The van der Waals surface area contributed by atoms with Crippen molar-refractivity contribution in [3.05, 3.63) is 70.0 Å². The Bertz CT molecular complexity index is 1340. The van der Waals surface area contributed by atoms with Crippen molar-refractivity contribution in [2.45, 2.75) is 18.3 Å². The van der Waals surface area contributed by atoms with Crippen LogP contribution < -0.4 is 11.1 Å². The van der Waals surface area contributed by atoms with Crippen molar-refractivity contribution in [3.8, 4) is 0 Å². The molecule has 0 radical (unpaired) electrons. The first-order valence-electron chi connectivity index (χ1n) is 11.2. The number of aliphatic carboxylic acids is 1. The maximum Gasteiger partial charge on any atom is 0.352 e. The van der Waals surface area contributed by atoms with Crippen LogP contribution in [-0.2, 0) is 19.2 Å². The van der Waals surface area contributed by atoms with E-state index in [9.17, 15) is 19.5 Å². The van der Waals surface area contributed by atoms with Gasteiger partial charge >= 0.3 is 5.97 Å². The van der Waals surface area contributed by atoms with Crippen LogP contribution in [0.2, 0.25) is 0 Å². The van der Waals surface area contributed by atoms with Crippen LogP contribution in [0.4, 0.5) is 5.13 Å². The molecule has 4 rings (SSSR count). The van der Waals surface area contributed by atoms with Crippen molar-refractivity contribution in [2.24, 2.45) is 5.16 Å². The molecule has 0 spiro atoms. The molecule has 0 saturated carbocycles. The van der Waals surface area contributed by atoms with Crippen molar-refractivity contribution in [1.82, 2.24) is 20.2 Å². The van der Waals surface area contributed by atoms with E-state index in [0.717, 1.165) is 22.6 Å². The number of carboxylic acid groups (broad SMARTS) is 1. The number of amides is 2. The summed E-state index contributed by atoms with van der Waals surface area (Å²) >= 11 is 3.95. The summed E-state index contributed by atoms with van der Waals surface area (Å²) in [6, 6.07) is 2.93. The number of pyridine rings is 1. The fraction of sp³-hybridized carbons (Fsp3) is 0.250. The zero-order valence-electron chi connectivity index (χ0n) is 20.2. The molecule has 2 unspecified atom stereocenters. The summed E-state index contributed by atoms with van der Waals surface area (Å²) in [5.41, 5.74) is 8.19. The van der Waals surface area contributed by atoms with E-state index in [-0.39, 0.29) is 28.8 Å². The van der Waals surface area contributed by atoms with Gasteiger partial charge in [0.1, 0.15) is 29.4 Å². The number of nitrogens with two attached hydrogens (primary N) is 1. The van der Waals surface area contributed by atoms with Crippen molar-refractivity contribution < 1.29 is 24.3 Å². The van der Waals surface area contributed by atoms with E-state index >= 15 is 0 Å². The third-order valence-corrected chi connectivity index (χ3v) is 8.27. The Morgan fingerprint density at radius 2 is 2.26 bits per heavy atom. The van der Waals surface area contributed by atoms with Gasteiger partial charge in [-0.2, -0.15) is 0 Å². The molecule has 4 N–H and O–H groups in total. The normalized spacial score (nSPS) is 19.2. The van der Waals surface area contributed by atoms with E-state index in [1.54, 1.807) is 11.6 Å². The van der Waals surface area contributed by atoms with Gasteiger partial charge in [0.25, 0.3) is 11.8 Å². The van der Waals surface area contributed by atoms with Crippen LogP contribution in [0.1, 0.15) is 17.0 Å². The molecular weight excluding hydrogens is 549 g/mol. The van der Waals surface area contributed by atoms with Crippen LogP contribution in [0.25, 0.3) is 6.08 Å². The summed E-state index contributed by atoms with van der Waals surface area (Å²) in [6.07, 6.45) is 5.12. The van der Waals surface area contributed by atoms with Crippen LogP contribution in [0.15, 0.2) is 58.2 Å². The number of aryl methyl sites for hydroxylation is 1. The number of hydrogen-bond donors (Lipinski definition) is 3. The highest BCUT2D eigenvalue weighted by molar-refractivity contribution is 8.02. The van der Waals surface area contributed by atoms with Gasteiger partial charge in [0.15, 0.2) is 10.8 Å². The number of carbonyl (C=O) groups excluding carboxylic acids is 2. The van der Waals surface area contributed by atoms with Gasteiger partial charge in [0, 0.05) is 28.8 Å². The molecule has 2 atom stereocenters. The van der Waals surface area contributed by atoms with Gasteiger partial charge in [-0.15, -0.1) is 34.9 Å². The standard InChI is InChI=1S/C24H24N6O5S3/c1-3-7-35-29-17(16-12-38-24(25)27-16)20(31)28-18-21(32)30-19(23(33)34)15(11-37-22(18)30)10-36-8-6-14-5-4-13(2)26-9-14/h3-6,8-9,12,18,22H,1,7,10-11H2,2H3,(H2,25,27)(H,28,31)(H,33,34)/b8-6-,29-17+. The Morgan fingerprint density at radius 3 is 2.92 bits per heavy atom. The molecule has 0 bridgehead atoms. The summed E-state index contributed by atoms with van der Waals surface area (Å²) in [5, 5.41) is 19.5. The smallest absolute Gasteiger partial charge is 0.352 e. The maximum absolute atomic E-state index is 13.0. The van der Waals surface area contributed by atoms with E-state index in [0.29, 0.717) is 17.1 Å². The Hall–Kier alpha value is -3.62. The van der Waals surface area contributed by atoms with Crippen molar-refractivity contribution in [1.29, 1.82) is 0 Å². The number of β-lactam (4-membered cyclic amide) rings is 1. The topological polar surface area (TPSA) is 160 Å². The van der Waals surface area contributed by atoms with E-state index < -0.39 is 29.2 Å².